The summed E-state index contributed by atoms with van der Waals surface area (Å²) in [6.07, 6.45) is 0.214. The maximum absolute atomic E-state index is 12.2. The second kappa shape index (κ2) is 5.48. The third-order valence-electron chi connectivity index (χ3n) is 2.98. The van der Waals surface area contributed by atoms with Crippen LogP contribution in [-0.2, 0) is 6.42 Å². The molecule has 0 aliphatic heterocycles. The van der Waals surface area contributed by atoms with E-state index < -0.39 is 5.97 Å². The van der Waals surface area contributed by atoms with Gasteiger partial charge in [0.1, 0.15) is 0 Å². The Kier molecular flexibility index (Phi) is 3.76. The van der Waals surface area contributed by atoms with Crippen molar-refractivity contribution in [2.45, 2.75) is 13.3 Å². The van der Waals surface area contributed by atoms with Crippen LogP contribution in [0.25, 0.3) is 0 Å². The summed E-state index contributed by atoms with van der Waals surface area (Å²) in [4.78, 5) is 23.0. The fraction of sp³-hybridized carbons (Fsp3) is 0.125. The molecule has 0 radical (unpaired) electrons. The number of ketones is 1. The monoisotopic (exact) mass is 254 g/mol. The van der Waals surface area contributed by atoms with Gasteiger partial charge in [-0.2, -0.15) is 0 Å². The van der Waals surface area contributed by atoms with Gasteiger partial charge in [-0.1, -0.05) is 36.4 Å². The van der Waals surface area contributed by atoms with Crippen molar-refractivity contribution >= 4 is 11.8 Å². The lowest BCUT2D eigenvalue weighted by molar-refractivity contribution is 0.0696. The number of carbonyl (C=O) groups is 2. The molecule has 0 amide bonds. The third kappa shape index (κ3) is 3.07. The number of aromatic carboxylic acids is 1. The van der Waals surface area contributed by atoms with Crippen LogP contribution in [0.15, 0.2) is 48.5 Å². The first-order valence-electron chi connectivity index (χ1n) is 5.99. The fourth-order valence-electron chi connectivity index (χ4n) is 1.98. The van der Waals surface area contributed by atoms with E-state index in [0.29, 0.717) is 11.1 Å². The Hall–Kier alpha value is -2.42. The molecule has 0 fully saturated rings. The molecule has 2 aromatic rings. The summed E-state index contributed by atoms with van der Waals surface area (Å²) in [5.74, 6) is -0.981. The summed E-state index contributed by atoms with van der Waals surface area (Å²) < 4.78 is 0. The zero-order valence-corrected chi connectivity index (χ0v) is 10.6. The highest BCUT2D eigenvalue weighted by Crippen LogP contribution is 2.13. The Labute approximate surface area is 111 Å². The number of carboxylic acid groups (broad SMARTS) is 1. The summed E-state index contributed by atoms with van der Waals surface area (Å²) in [5.41, 5.74) is 2.54. The normalized spacial score (nSPS) is 10.2. The average Bonchev–Trinajstić information content (AvgIpc) is 2.39. The largest absolute Gasteiger partial charge is 0.478 e. The Morgan fingerprint density at radius 1 is 1.05 bits per heavy atom. The zero-order valence-electron chi connectivity index (χ0n) is 10.6. The molecule has 0 spiro atoms. The molecule has 0 unspecified atom stereocenters. The number of hydrogen-bond acceptors (Lipinski definition) is 2. The topological polar surface area (TPSA) is 54.4 Å². The third-order valence-corrected chi connectivity index (χ3v) is 2.98. The van der Waals surface area contributed by atoms with Gasteiger partial charge in [0.2, 0.25) is 0 Å². The van der Waals surface area contributed by atoms with Gasteiger partial charge >= 0.3 is 5.97 Å². The molecule has 0 heterocycles. The molecule has 2 rings (SSSR count). The van der Waals surface area contributed by atoms with E-state index in [4.69, 9.17) is 5.11 Å². The van der Waals surface area contributed by atoms with Gasteiger partial charge in [-0.3, -0.25) is 4.79 Å². The molecule has 96 valence electrons. The zero-order chi connectivity index (χ0) is 13.8. The van der Waals surface area contributed by atoms with Crippen molar-refractivity contribution in [1.29, 1.82) is 0 Å². The summed E-state index contributed by atoms with van der Waals surface area (Å²) in [6, 6.07) is 13.9. The second-order valence-electron chi connectivity index (χ2n) is 4.42. The number of rotatable bonds is 4. The van der Waals surface area contributed by atoms with Crippen LogP contribution in [0, 0.1) is 6.92 Å². The minimum atomic E-state index is -0.981. The van der Waals surface area contributed by atoms with Crippen molar-refractivity contribution in [3.8, 4) is 0 Å². The lowest BCUT2D eigenvalue weighted by Gasteiger charge is -2.05. The first-order valence-corrected chi connectivity index (χ1v) is 5.99. The lowest BCUT2D eigenvalue weighted by Crippen LogP contribution is -2.06. The van der Waals surface area contributed by atoms with Crippen LogP contribution >= 0.6 is 0 Å². The number of benzene rings is 2. The SMILES string of the molecule is Cc1ccccc1C(=O)Cc1cccc(C(=O)O)c1. The average molecular weight is 254 g/mol. The summed E-state index contributed by atoms with van der Waals surface area (Å²) in [5, 5.41) is 8.92. The maximum Gasteiger partial charge on any atom is 0.335 e. The van der Waals surface area contributed by atoms with E-state index in [0.717, 1.165) is 5.56 Å². The Morgan fingerprint density at radius 3 is 2.47 bits per heavy atom. The fourth-order valence-corrected chi connectivity index (χ4v) is 1.98. The van der Waals surface area contributed by atoms with Crippen LogP contribution in [0.3, 0.4) is 0 Å². The molecule has 0 bridgehead atoms. The van der Waals surface area contributed by atoms with Gasteiger partial charge in [-0.05, 0) is 30.2 Å². The Morgan fingerprint density at radius 2 is 1.79 bits per heavy atom. The van der Waals surface area contributed by atoms with Crippen molar-refractivity contribution in [3.63, 3.8) is 0 Å². The molecule has 0 aliphatic carbocycles. The van der Waals surface area contributed by atoms with Crippen LogP contribution in [0.2, 0.25) is 0 Å². The summed E-state index contributed by atoms with van der Waals surface area (Å²) >= 11 is 0. The van der Waals surface area contributed by atoms with Crippen molar-refractivity contribution in [2.75, 3.05) is 0 Å². The highest BCUT2D eigenvalue weighted by molar-refractivity contribution is 5.99. The van der Waals surface area contributed by atoms with E-state index in [9.17, 15) is 9.59 Å². The van der Waals surface area contributed by atoms with E-state index in [1.54, 1.807) is 24.3 Å². The second-order valence-corrected chi connectivity index (χ2v) is 4.42. The number of hydrogen-bond donors (Lipinski definition) is 1. The van der Waals surface area contributed by atoms with Gasteiger partial charge in [0.05, 0.1) is 5.56 Å². The first kappa shape index (κ1) is 13.0. The van der Waals surface area contributed by atoms with Crippen molar-refractivity contribution in [3.05, 3.63) is 70.8 Å². The Balaban J connectivity index is 2.22. The molecule has 2 aromatic carbocycles. The minimum absolute atomic E-state index is 0.000591. The van der Waals surface area contributed by atoms with Crippen LogP contribution in [0.4, 0.5) is 0 Å². The molecule has 0 aromatic heterocycles. The molecule has 0 saturated heterocycles. The van der Waals surface area contributed by atoms with E-state index in [1.807, 2.05) is 25.1 Å². The smallest absolute Gasteiger partial charge is 0.335 e. The van der Waals surface area contributed by atoms with Crippen molar-refractivity contribution in [1.82, 2.24) is 0 Å². The minimum Gasteiger partial charge on any atom is -0.478 e. The first-order chi connectivity index (χ1) is 9.08. The summed E-state index contributed by atoms with van der Waals surface area (Å²) in [6.45, 7) is 1.89. The number of carboxylic acids is 1. The molecular formula is C16H14O3. The van der Waals surface area contributed by atoms with Gasteiger partial charge < -0.3 is 5.11 Å². The molecule has 19 heavy (non-hydrogen) atoms. The molecule has 0 aliphatic rings. The molecule has 0 saturated carbocycles. The lowest BCUT2D eigenvalue weighted by atomic mass is 9.98. The quantitative estimate of drug-likeness (QED) is 0.853. The molecule has 0 atom stereocenters. The Bertz CT molecular complexity index is 629. The van der Waals surface area contributed by atoms with Gasteiger partial charge in [0.25, 0.3) is 0 Å². The van der Waals surface area contributed by atoms with Gasteiger partial charge in [0.15, 0.2) is 5.78 Å². The van der Waals surface area contributed by atoms with Crippen LogP contribution < -0.4 is 0 Å². The van der Waals surface area contributed by atoms with Gasteiger partial charge in [-0.15, -0.1) is 0 Å². The van der Waals surface area contributed by atoms with E-state index in [-0.39, 0.29) is 17.8 Å². The van der Waals surface area contributed by atoms with Crippen LogP contribution in [0.1, 0.15) is 31.8 Å². The van der Waals surface area contributed by atoms with Crippen molar-refractivity contribution < 1.29 is 14.7 Å². The molecule has 1 N–H and O–H groups in total. The van der Waals surface area contributed by atoms with Gasteiger partial charge in [-0.25, -0.2) is 4.79 Å². The predicted molar refractivity (Wildman–Crippen MR) is 72.6 cm³/mol. The summed E-state index contributed by atoms with van der Waals surface area (Å²) in [7, 11) is 0. The number of carbonyl (C=O) groups excluding carboxylic acids is 1. The van der Waals surface area contributed by atoms with Crippen molar-refractivity contribution in [2.24, 2.45) is 0 Å². The molecule has 3 nitrogen and oxygen atoms in total. The number of aryl methyl sites for hydroxylation is 1. The van der Waals surface area contributed by atoms with E-state index in [2.05, 4.69) is 0 Å². The van der Waals surface area contributed by atoms with E-state index >= 15 is 0 Å². The molecule has 3 heteroatoms. The van der Waals surface area contributed by atoms with Gasteiger partial charge in [0, 0.05) is 12.0 Å². The van der Waals surface area contributed by atoms with Crippen LogP contribution in [-0.4, -0.2) is 16.9 Å². The predicted octanol–water partition coefficient (Wildman–Crippen LogP) is 3.12. The standard InChI is InChI=1S/C16H14O3/c1-11-5-2-3-8-14(11)15(17)10-12-6-4-7-13(9-12)16(18)19/h2-9H,10H2,1H3,(H,18,19). The number of Topliss-reactive ketones (excluding diaryl/α,β-unsaturated/α-hetero) is 1. The maximum atomic E-state index is 12.2. The highest BCUT2D eigenvalue weighted by atomic mass is 16.4. The van der Waals surface area contributed by atoms with E-state index in [1.165, 1.54) is 6.07 Å². The highest BCUT2D eigenvalue weighted by Gasteiger charge is 2.10. The van der Waals surface area contributed by atoms with Crippen LogP contribution in [0.5, 0.6) is 0 Å². The molecular weight excluding hydrogens is 240 g/mol.